The first-order valence-electron chi connectivity index (χ1n) is 7.04. The molecule has 2 saturated heterocycles. The van der Waals surface area contributed by atoms with E-state index in [4.69, 9.17) is 16.2 Å². The number of anilines is 1. The van der Waals surface area contributed by atoms with Crippen molar-refractivity contribution in [2.45, 2.75) is 32.0 Å². The number of hydrogen-bond acceptors (Lipinski definition) is 4. The van der Waals surface area contributed by atoms with Crippen molar-refractivity contribution in [1.82, 2.24) is 4.90 Å². The van der Waals surface area contributed by atoms with Crippen LogP contribution in [0.5, 0.6) is 0 Å². The number of rotatable bonds is 1. The van der Waals surface area contributed by atoms with Crippen LogP contribution in [0.1, 0.15) is 19.8 Å². The normalized spacial score (nSPS) is 27.6. The van der Waals surface area contributed by atoms with E-state index < -0.39 is 11.9 Å². The van der Waals surface area contributed by atoms with Gasteiger partial charge in [-0.05, 0) is 25.0 Å². The van der Waals surface area contributed by atoms with Gasteiger partial charge < -0.3 is 21.1 Å². The number of para-hydroxylation sites is 1. The van der Waals surface area contributed by atoms with Gasteiger partial charge in [0.15, 0.2) is 0 Å². The van der Waals surface area contributed by atoms with Gasteiger partial charge in [-0.15, -0.1) is 0 Å². The minimum absolute atomic E-state index is 0.0115. The summed E-state index contributed by atoms with van der Waals surface area (Å²) >= 11 is 0. The molecule has 0 radical (unpaired) electrons. The second-order valence-electron chi connectivity index (χ2n) is 5.34. The molecule has 2 aliphatic heterocycles. The van der Waals surface area contributed by atoms with Crippen LogP contribution in [0.15, 0.2) is 30.3 Å². The number of amides is 2. The Morgan fingerprint density at radius 3 is 2.48 bits per heavy atom. The standard InChI is InChI=1S/C9H14N2O3.C6H7N/c1-5-4-14-7-3-2-6(8(10)12)11(7)9(5)13;7-6-4-2-1-3-5-6/h5-7H,2-4H2,1H3,(H2,10,12);1-5H,7H2. The fourth-order valence-electron chi connectivity index (χ4n) is 2.55. The summed E-state index contributed by atoms with van der Waals surface area (Å²) in [5, 5.41) is 0. The predicted molar refractivity (Wildman–Crippen MR) is 78.8 cm³/mol. The molecule has 6 nitrogen and oxygen atoms in total. The predicted octanol–water partition coefficient (Wildman–Crippen LogP) is 0.724. The van der Waals surface area contributed by atoms with Crippen molar-refractivity contribution in [3.05, 3.63) is 30.3 Å². The first-order valence-corrected chi connectivity index (χ1v) is 7.04. The lowest BCUT2D eigenvalue weighted by Gasteiger charge is -2.35. The quantitative estimate of drug-likeness (QED) is 0.745. The number of ether oxygens (including phenoxy) is 1. The van der Waals surface area contributed by atoms with E-state index in [1.165, 1.54) is 4.90 Å². The second-order valence-corrected chi connectivity index (χ2v) is 5.34. The van der Waals surface area contributed by atoms with E-state index in [0.29, 0.717) is 19.4 Å². The summed E-state index contributed by atoms with van der Waals surface area (Å²) in [4.78, 5) is 24.4. The van der Waals surface area contributed by atoms with Crippen LogP contribution in [0.25, 0.3) is 0 Å². The number of nitrogen functional groups attached to an aromatic ring is 1. The summed E-state index contributed by atoms with van der Waals surface area (Å²) in [6.45, 7) is 2.25. The van der Waals surface area contributed by atoms with Crippen molar-refractivity contribution in [1.29, 1.82) is 0 Å². The molecule has 21 heavy (non-hydrogen) atoms. The summed E-state index contributed by atoms with van der Waals surface area (Å²) in [7, 11) is 0. The topological polar surface area (TPSA) is 98.6 Å². The van der Waals surface area contributed by atoms with Gasteiger partial charge in [-0.3, -0.25) is 9.59 Å². The zero-order valence-electron chi connectivity index (χ0n) is 12.1. The molecule has 2 aliphatic rings. The van der Waals surface area contributed by atoms with Crippen molar-refractivity contribution < 1.29 is 14.3 Å². The molecule has 4 N–H and O–H groups in total. The summed E-state index contributed by atoms with van der Waals surface area (Å²) in [5.74, 6) is -0.604. The van der Waals surface area contributed by atoms with Crippen LogP contribution in [0.3, 0.4) is 0 Å². The number of benzene rings is 1. The summed E-state index contributed by atoms with van der Waals surface area (Å²) in [6.07, 6.45) is 1.11. The fourth-order valence-corrected chi connectivity index (χ4v) is 2.55. The van der Waals surface area contributed by atoms with Gasteiger partial charge in [-0.25, -0.2) is 0 Å². The highest BCUT2D eigenvalue weighted by molar-refractivity contribution is 5.88. The van der Waals surface area contributed by atoms with E-state index in [0.717, 1.165) is 5.69 Å². The van der Waals surface area contributed by atoms with Crippen molar-refractivity contribution >= 4 is 17.5 Å². The molecule has 3 atom stereocenters. The number of primary amides is 1. The molecule has 2 amide bonds. The van der Waals surface area contributed by atoms with Crippen molar-refractivity contribution in [2.24, 2.45) is 11.7 Å². The van der Waals surface area contributed by atoms with Gasteiger partial charge in [0.05, 0.1) is 12.5 Å². The monoisotopic (exact) mass is 291 g/mol. The summed E-state index contributed by atoms with van der Waals surface area (Å²) < 4.78 is 5.46. The molecule has 0 saturated carbocycles. The maximum Gasteiger partial charge on any atom is 0.240 e. The molecule has 0 bridgehead atoms. The van der Waals surface area contributed by atoms with Gasteiger partial charge in [0.2, 0.25) is 11.8 Å². The third kappa shape index (κ3) is 3.52. The molecule has 2 heterocycles. The lowest BCUT2D eigenvalue weighted by molar-refractivity contribution is -0.168. The van der Waals surface area contributed by atoms with Crippen LogP contribution in [0.4, 0.5) is 5.69 Å². The van der Waals surface area contributed by atoms with Crippen LogP contribution >= 0.6 is 0 Å². The number of nitrogens with two attached hydrogens (primary N) is 2. The van der Waals surface area contributed by atoms with Gasteiger partial charge in [-0.2, -0.15) is 0 Å². The second kappa shape index (κ2) is 6.58. The van der Waals surface area contributed by atoms with Crippen LogP contribution < -0.4 is 11.5 Å². The lowest BCUT2D eigenvalue weighted by Crippen LogP contribution is -2.53. The van der Waals surface area contributed by atoms with Crippen molar-refractivity contribution in [2.75, 3.05) is 12.3 Å². The smallest absolute Gasteiger partial charge is 0.240 e. The zero-order chi connectivity index (χ0) is 15.4. The lowest BCUT2D eigenvalue weighted by atomic mass is 10.1. The van der Waals surface area contributed by atoms with Gasteiger partial charge in [0.25, 0.3) is 0 Å². The van der Waals surface area contributed by atoms with Gasteiger partial charge >= 0.3 is 0 Å². The van der Waals surface area contributed by atoms with E-state index in [1.54, 1.807) is 6.92 Å². The molecule has 1 aromatic carbocycles. The Hall–Kier alpha value is -2.08. The summed E-state index contributed by atoms with van der Waals surface area (Å²) in [6, 6.07) is 9.02. The number of carbonyl (C=O) groups is 2. The fraction of sp³-hybridized carbons (Fsp3) is 0.467. The Morgan fingerprint density at radius 2 is 1.95 bits per heavy atom. The first-order chi connectivity index (χ1) is 10.0. The molecule has 6 heteroatoms. The number of fused-ring (bicyclic) bond motifs is 1. The molecule has 0 spiro atoms. The van der Waals surface area contributed by atoms with Gasteiger partial charge in [-0.1, -0.05) is 25.1 Å². The van der Waals surface area contributed by atoms with Crippen LogP contribution in [0, 0.1) is 5.92 Å². The van der Waals surface area contributed by atoms with Gasteiger partial charge in [0.1, 0.15) is 12.3 Å². The first kappa shape index (κ1) is 15.3. The molecule has 1 aromatic rings. The molecule has 3 unspecified atom stereocenters. The van der Waals surface area contributed by atoms with Crippen molar-refractivity contribution in [3.63, 3.8) is 0 Å². The maximum absolute atomic E-state index is 11.8. The van der Waals surface area contributed by atoms with E-state index in [9.17, 15) is 9.59 Å². The molecular weight excluding hydrogens is 270 g/mol. The molecule has 0 aromatic heterocycles. The molecule has 0 aliphatic carbocycles. The minimum atomic E-state index is -0.463. The van der Waals surface area contributed by atoms with Gasteiger partial charge in [0, 0.05) is 5.69 Å². The van der Waals surface area contributed by atoms with E-state index in [-0.39, 0.29) is 18.1 Å². The third-order valence-corrected chi connectivity index (χ3v) is 3.68. The Labute approximate surface area is 124 Å². The largest absolute Gasteiger partial charge is 0.399 e. The Morgan fingerprint density at radius 1 is 1.29 bits per heavy atom. The average Bonchev–Trinajstić information content (AvgIpc) is 2.89. The summed E-state index contributed by atoms with van der Waals surface area (Å²) in [5.41, 5.74) is 11.4. The van der Waals surface area contributed by atoms with Crippen LogP contribution in [-0.4, -0.2) is 35.6 Å². The third-order valence-electron chi connectivity index (χ3n) is 3.68. The van der Waals surface area contributed by atoms with E-state index in [1.807, 2.05) is 30.3 Å². The Kier molecular flexibility index (Phi) is 4.80. The zero-order valence-corrected chi connectivity index (χ0v) is 12.1. The van der Waals surface area contributed by atoms with E-state index in [2.05, 4.69) is 0 Å². The molecule has 114 valence electrons. The molecular formula is C15H21N3O3. The molecule has 3 rings (SSSR count). The highest BCUT2D eigenvalue weighted by atomic mass is 16.5. The van der Waals surface area contributed by atoms with Crippen molar-refractivity contribution in [3.8, 4) is 0 Å². The van der Waals surface area contributed by atoms with Crippen LogP contribution in [0.2, 0.25) is 0 Å². The Bertz CT molecular complexity index is 506. The highest BCUT2D eigenvalue weighted by Gasteiger charge is 2.44. The highest BCUT2D eigenvalue weighted by Crippen LogP contribution is 2.30. The molecule has 2 fully saturated rings. The number of nitrogens with zero attached hydrogens (tertiary/aromatic N) is 1. The average molecular weight is 291 g/mol. The number of carbonyl (C=O) groups excluding carboxylic acids is 2. The van der Waals surface area contributed by atoms with Crippen LogP contribution in [-0.2, 0) is 14.3 Å². The maximum atomic E-state index is 11.8. The Balaban J connectivity index is 0.000000194. The SMILES string of the molecule is CC1COC2CCC(C(N)=O)N2C1=O.Nc1ccccc1. The van der Waals surface area contributed by atoms with E-state index >= 15 is 0 Å². The minimum Gasteiger partial charge on any atom is -0.399 e. The number of hydrogen-bond donors (Lipinski definition) is 2.